The molecule has 0 aliphatic carbocycles. The Morgan fingerprint density at radius 3 is 2.63 bits per heavy atom. The van der Waals surface area contributed by atoms with Gasteiger partial charge in [-0.1, -0.05) is 23.7 Å². The van der Waals surface area contributed by atoms with E-state index in [0.717, 1.165) is 11.1 Å². The minimum atomic E-state index is -0.144. The standard InChI is InChI=1S/C19H21ClN6O/c1-3-14(6-4-13(9-21)18(22)23)26-19-17(27)16(24-10-25-19)12-5-7-15(20)11(2)8-12/h3-10,27H,21H2,1-2H3,(H3,22,23)(H,24,25,26)/b6-4-,13-9-,14-3+. The maximum atomic E-state index is 10.6. The van der Waals surface area contributed by atoms with Crippen molar-refractivity contribution in [1.82, 2.24) is 9.97 Å². The van der Waals surface area contributed by atoms with Crippen LogP contribution in [0.5, 0.6) is 5.75 Å². The highest BCUT2D eigenvalue weighted by Gasteiger charge is 2.13. The Hall–Kier alpha value is -3.32. The maximum Gasteiger partial charge on any atom is 0.185 e. The lowest BCUT2D eigenvalue weighted by Gasteiger charge is -2.11. The second kappa shape index (κ2) is 8.86. The van der Waals surface area contributed by atoms with Gasteiger partial charge in [0.15, 0.2) is 11.6 Å². The summed E-state index contributed by atoms with van der Waals surface area (Å²) in [5.41, 5.74) is 13.9. The molecule has 0 bridgehead atoms. The topological polar surface area (TPSA) is 134 Å². The number of allylic oxidation sites excluding steroid dienone is 2. The molecule has 140 valence electrons. The van der Waals surface area contributed by atoms with Crippen LogP contribution in [0.2, 0.25) is 5.02 Å². The molecule has 0 atom stereocenters. The molecule has 0 radical (unpaired) electrons. The Labute approximate surface area is 162 Å². The SMILES string of the molecule is C\C=C(/C=C\C(=C\N)C(=N)N)Nc1ncnc(-c2ccc(Cl)c(C)c2)c1O. The molecule has 0 amide bonds. The average Bonchev–Trinajstić information content (AvgIpc) is 2.64. The van der Waals surface area contributed by atoms with Crippen LogP contribution in [0.1, 0.15) is 12.5 Å². The van der Waals surface area contributed by atoms with Gasteiger partial charge in [0.1, 0.15) is 17.9 Å². The summed E-state index contributed by atoms with van der Waals surface area (Å²) in [6, 6.07) is 5.38. The van der Waals surface area contributed by atoms with E-state index in [-0.39, 0.29) is 17.4 Å². The second-order valence-corrected chi connectivity index (χ2v) is 6.03. The zero-order valence-corrected chi connectivity index (χ0v) is 15.7. The van der Waals surface area contributed by atoms with E-state index in [1.165, 1.54) is 12.5 Å². The molecule has 1 heterocycles. The fourth-order valence-electron chi connectivity index (χ4n) is 2.23. The number of benzene rings is 1. The summed E-state index contributed by atoms with van der Waals surface area (Å²) < 4.78 is 0. The van der Waals surface area contributed by atoms with Crippen molar-refractivity contribution < 1.29 is 5.11 Å². The molecule has 0 saturated heterocycles. The van der Waals surface area contributed by atoms with Crippen LogP contribution in [0.3, 0.4) is 0 Å². The zero-order valence-electron chi connectivity index (χ0n) is 15.0. The summed E-state index contributed by atoms with van der Waals surface area (Å²) in [5.74, 6) is 0.00840. The molecule has 0 aliphatic rings. The molecule has 1 aromatic heterocycles. The first-order valence-electron chi connectivity index (χ1n) is 8.05. The number of aromatic nitrogens is 2. The van der Waals surface area contributed by atoms with Crippen molar-refractivity contribution in [3.8, 4) is 17.0 Å². The van der Waals surface area contributed by atoms with Gasteiger partial charge in [0, 0.05) is 28.1 Å². The Balaban J connectivity index is 2.33. The normalized spacial score (nSPS) is 12.4. The quantitative estimate of drug-likeness (QED) is 0.294. The highest BCUT2D eigenvalue weighted by atomic mass is 35.5. The van der Waals surface area contributed by atoms with Crippen molar-refractivity contribution in [3.05, 3.63) is 70.8 Å². The number of hydrogen-bond donors (Lipinski definition) is 5. The van der Waals surface area contributed by atoms with Crippen LogP contribution in [0.25, 0.3) is 11.3 Å². The molecule has 7 nitrogen and oxygen atoms in total. The minimum absolute atomic E-state index is 0.0897. The molecular formula is C19H21ClN6O. The predicted octanol–water partition coefficient (Wildman–Crippen LogP) is 3.46. The Kier molecular flexibility index (Phi) is 6.56. The molecule has 0 unspecified atom stereocenters. The molecule has 27 heavy (non-hydrogen) atoms. The summed E-state index contributed by atoms with van der Waals surface area (Å²) >= 11 is 6.06. The highest BCUT2D eigenvalue weighted by Crippen LogP contribution is 2.34. The van der Waals surface area contributed by atoms with Gasteiger partial charge >= 0.3 is 0 Å². The maximum absolute atomic E-state index is 10.6. The van der Waals surface area contributed by atoms with Gasteiger partial charge in [-0.3, -0.25) is 5.41 Å². The van der Waals surface area contributed by atoms with Crippen LogP contribution in [0, 0.1) is 12.3 Å². The number of nitrogens with one attached hydrogen (secondary N) is 2. The molecule has 2 aromatic rings. The van der Waals surface area contributed by atoms with E-state index in [9.17, 15) is 5.11 Å². The lowest BCUT2D eigenvalue weighted by molar-refractivity contribution is 0.475. The third-order valence-corrected chi connectivity index (χ3v) is 4.18. The molecule has 0 spiro atoms. The van der Waals surface area contributed by atoms with E-state index >= 15 is 0 Å². The molecule has 0 saturated carbocycles. The largest absolute Gasteiger partial charge is 0.503 e. The van der Waals surface area contributed by atoms with Gasteiger partial charge in [-0.2, -0.15) is 0 Å². The number of aromatic hydroxyl groups is 1. The van der Waals surface area contributed by atoms with E-state index in [4.69, 9.17) is 28.5 Å². The summed E-state index contributed by atoms with van der Waals surface area (Å²) in [5, 5.41) is 21.7. The molecular weight excluding hydrogens is 364 g/mol. The van der Waals surface area contributed by atoms with Crippen molar-refractivity contribution >= 4 is 23.3 Å². The Bertz CT molecular complexity index is 949. The van der Waals surface area contributed by atoms with Gasteiger partial charge in [0.2, 0.25) is 0 Å². The molecule has 0 aliphatic heterocycles. The lowest BCUT2D eigenvalue weighted by atomic mass is 10.1. The van der Waals surface area contributed by atoms with Gasteiger partial charge in [0.25, 0.3) is 0 Å². The average molecular weight is 385 g/mol. The van der Waals surface area contributed by atoms with Crippen LogP contribution in [0.4, 0.5) is 5.82 Å². The summed E-state index contributed by atoms with van der Waals surface area (Å²) in [6.45, 7) is 3.69. The van der Waals surface area contributed by atoms with Crippen molar-refractivity contribution in [2.45, 2.75) is 13.8 Å². The first kappa shape index (κ1) is 20.0. The second-order valence-electron chi connectivity index (χ2n) is 5.62. The van der Waals surface area contributed by atoms with E-state index in [2.05, 4.69) is 15.3 Å². The third kappa shape index (κ3) is 4.86. The van der Waals surface area contributed by atoms with E-state index in [1.807, 2.05) is 19.9 Å². The lowest BCUT2D eigenvalue weighted by Crippen LogP contribution is -2.13. The molecule has 1 aromatic carbocycles. The Morgan fingerprint density at radius 1 is 1.30 bits per heavy atom. The van der Waals surface area contributed by atoms with Crippen molar-refractivity contribution in [2.75, 3.05) is 5.32 Å². The Morgan fingerprint density at radius 2 is 2.04 bits per heavy atom. The summed E-state index contributed by atoms with van der Waals surface area (Å²) in [7, 11) is 0. The number of aryl methyl sites for hydroxylation is 1. The number of halogens is 1. The number of rotatable bonds is 6. The van der Waals surface area contributed by atoms with E-state index in [0.29, 0.717) is 22.0 Å². The van der Waals surface area contributed by atoms with Crippen molar-refractivity contribution in [3.63, 3.8) is 0 Å². The number of amidine groups is 1. The highest BCUT2D eigenvalue weighted by molar-refractivity contribution is 6.31. The molecule has 7 N–H and O–H groups in total. The molecule has 0 fully saturated rings. The van der Waals surface area contributed by atoms with E-state index < -0.39 is 0 Å². The predicted molar refractivity (Wildman–Crippen MR) is 110 cm³/mol. The minimum Gasteiger partial charge on any atom is -0.503 e. The number of nitrogens with zero attached hydrogens (tertiary/aromatic N) is 2. The first-order chi connectivity index (χ1) is 12.9. The first-order valence-corrected chi connectivity index (χ1v) is 8.43. The van der Waals surface area contributed by atoms with Crippen molar-refractivity contribution in [1.29, 1.82) is 5.41 Å². The summed E-state index contributed by atoms with van der Waals surface area (Å²) in [6.07, 6.45) is 7.65. The smallest absolute Gasteiger partial charge is 0.185 e. The van der Waals surface area contributed by atoms with Crippen LogP contribution in [0.15, 0.2) is 60.2 Å². The van der Waals surface area contributed by atoms with E-state index in [1.54, 1.807) is 30.4 Å². The zero-order chi connectivity index (χ0) is 20.0. The van der Waals surface area contributed by atoms with Gasteiger partial charge < -0.3 is 21.9 Å². The molecule has 8 heteroatoms. The number of anilines is 1. The number of nitrogens with two attached hydrogens (primary N) is 2. The van der Waals surface area contributed by atoms with Gasteiger partial charge in [0.05, 0.1) is 0 Å². The van der Waals surface area contributed by atoms with Gasteiger partial charge in [-0.25, -0.2) is 9.97 Å². The fourth-order valence-corrected chi connectivity index (χ4v) is 2.35. The van der Waals surface area contributed by atoms with Gasteiger partial charge in [-0.15, -0.1) is 0 Å². The summed E-state index contributed by atoms with van der Waals surface area (Å²) in [4.78, 5) is 8.27. The third-order valence-electron chi connectivity index (χ3n) is 3.76. The number of hydrogen-bond acceptors (Lipinski definition) is 6. The van der Waals surface area contributed by atoms with Crippen LogP contribution < -0.4 is 16.8 Å². The fraction of sp³-hybridized carbons (Fsp3) is 0.105. The monoisotopic (exact) mass is 384 g/mol. The van der Waals surface area contributed by atoms with Crippen LogP contribution in [-0.2, 0) is 0 Å². The molecule has 2 rings (SSSR count). The van der Waals surface area contributed by atoms with Crippen LogP contribution >= 0.6 is 11.6 Å². The van der Waals surface area contributed by atoms with Gasteiger partial charge in [-0.05, 0) is 43.7 Å². The van der Waals surface area contributed by atoms with Crippen LogP contribution in [-0.4, -0.2) is 20.9 Å². The van der Waals surface area contributed by atoms with Crippen molar-refractivity contribution in [2.24, 2.45) is 11.5 Å².